The van der Waals surface area contributed by atoms with Crippen molar-refractivity contribution in [3.8, 4) is 11.6 Å². The fourth-order valence-electron chi connectivity index (χ4n) is 1.65. The summed E-state index contributed by atoms with van der Waals surface area (Å²) in [5, 5.41) is 1.61. The average molecular weight is 257 g/mol. The van der Waals surface area contributed by atoms with Crippen LogP contribution in [0.5, 0.6) is 11.6 Å². The largest absolute Gasteiger partial charge is 0.437 e. The standard InChI is InChI=1S/C14H9ClN2O/c15-11-5-6-14(17-8-11)18-12-7-10-3-1-2-4-13(10)16-9-12/h1-9H. The molecule has 0 N–H and O–H groups in total. The van der Waals surface area contributed by atoms with Gasteiger partial charge in [-0.2, -0.15) is 0 Å². The molecule has 0 aliphatic carbocycles. The summed E-state index contributed by atoms with van der Waals surface area (Å²) in [6.45, 7) is 0. The number of benzene rings is 1. The summed E-state index contributed by atoms with van der Waals surface area (Å²) < 4.78 is 5.61. The van der Waals surface area contributed by atoms with Gasteiger partial charge in [-0.1, -0.05) is 29.8 Å². The quantitative estimate of drug-likeness (QED) is 0.693. The predicted octanol–water partition coefficient (Wildman–Crippen LogP) is 4.08. The van der Waals surface area contributed by atoms with Crippen molar-refractivity contribution in [3.63, 3.8) is 0 Å². The molecule has 88 valence electrons. The molecule has 2 aromatic heterocycles. The van der Waals surface area contributed by atoms with E-state index in [0.29, 0.717) is 16.7 Å². The molecule has 0 aliphatic heterocycles. The lowest BCUT2D eigenvalue weighted by Crippen LogP contribution is -1.88. The van der Waals surface area contributed by atoms with Crippen molar-refractivity contribution < 1.29 is 4.74 Å². The van der Waals surface area contributed by atoms with Gasteiger partial charge in [0.2, 0.25) is 5.88 Å². The van der Waals surface area contributed by atoms with Gasteiger partial charge in [-0.05, 0) is 18.2 Å². The lowest BCUT2D eigenvalue weighted by Gasteiger charge is -2.05. The van der Waals surface area contributed by atoms with Gasteiger partial charge in [0.15, 0.2) is 0 Å². The van der Waals surface area contributed by atoms with Crippen molar-refractivity contribution in [2.45, 2.75) is 0 Å². The Morgan fingerprint density at radius 2 is 1.83 bits per heavy atom. The van der Waals surface area contributed by atoms with Crippen molar-refractivity contribution in [1.82, 2.24) is 9.97 Å². The van der Waals surface area contributed by atoms with E-state index in [9.17, 15) is 0 Å². The molecule has 2 heterocycles. The van der Waals surface area contributed by atoms with Crippen LogP contribution in [0.3, 0.4) is 0 Å². The molecule has 0 bridgehead atoms. The number of halogens is 1. The van der Waals surface area contributed by atoms with E-state index in [0.717, 1.165) is 10.9 Å². The number of pyridine rings is 2. The second kappa shape index (κ2) is 4.63. The van der Waals surface area contributed by atoms with Crippen LogP contribution in [0.15, 0.2) is 54.9 Å². The number of fused-ring (bicyclic) bond motifs is 1. The Bertz CT molecular complexity index is 683. The molecule has 0 fully saturated rings. The van der Waals surface area contributed by atoms with Crippen molar-refractivity contribution >= 4 is 22.5 Å². The summed E-state index contributed by atoms with van der Waals surface area (Å²) in [5.74, 6) is 1.15. The molecule has 4 heteroatoms. The van der Waals surface area contributed by atoms with Crippen molar-refractivity contribution in [2.75, 3.05) is 0 Å². The van der Waals surface area contributed by atoms with Gasteiger partial charge < -0.3 is 4.74 Å². The SMILES string of the molecule is Clc1ccc(Oc2cnc3ccccc3c2)nc1. The molecule has 0 radical (unpaired) electrons. The number of para-hydroxylation sites is 1. The van der Waals surface area contributed by atoms with E-state index in [-0.39, 0.29) is 0 Å². The van der Waals surface area contributed by atoms with Crippen LogP contribution < -0.4 is 4.74 Å². The van der Waals surface area contributed by atoms with Gasteiger partial charge in [0.1, 0.15) is 5.75 Å². The van der Waals surface area contributed by atoms with Crippen molar-refractivity contribution in [1.29, 1.82) is 0 Å². The minimum Gasteiger partial charge on any atom is -0.437 e. The topological polar surface area (TPSA) is 35.0 Å². The molecule has 0 unspecified atom stereocenters. The average Bonchev–Trinajstić information content (AvgIpc) is 2.41. The Kier molecular flexibility index (Phi) is 2.82. The number of hydrogen-bond acceptors (Lipinski definition) is 3. The van der Waals surface area contributed by atoms with Gasteiger partial charge in [0.05, 0.1) is 16.7 Å². The van der Waals surface area contributed by atoms with Crippen LogP contribution in [-0.2, 0) is 0 Å². The Hall–Kier alpha value is -2.13. The van der Waals surface area contributed by atoms with Crippen LogP contribution in [0.1, 0.15) is 0 Å². The predicted molar refractivity (Wildman–Crippen MR) is 71.1 cm³/mol. The van der Waals surface area contributed by atoms with Crippen LogP contribution in [0.2, 0.25) is 5.02 Å². The monoisotopic (exact) mass is 256 g/mol. The number of nitrogens with zero attached hydrogens (tertiary/aromatic N) is 2. The normalized spacial score (nSPS) is 10.5. The Morgan fingerprint density at radius 1 is 0.944 bits per heavy atom. The zero-order chi connectivity index (χ0) is 12.4. The highest BCUT2D eigenvalue weighted by atomic mass is 35.5. The maximum Gasteiger partial charge on any atom is 0.219 e. The first kappa shape index (κ1) is 11.0. The maximum atomic E-state index is 5.76. The number of hydrogen-bond donors (Lipinski definition) is 0. The van der Waals surface area contributed by atoms with Crippen LogP contribution in [0.4, 0.5) is 0 Å². The zero-order valence-corrected chi connectivity index (χ0v) is 10.1. The molecule has 18 heavy (non-hydrogen) atoms. The highest BCUT2D eigenvalue weighted by Gasteiger charge is 2.01. The van der Waals surface area contributed by atoms with Gasteiger partial charge in [0.25, 0.3) is 0 Å². The Morgan fingerprint density at radius 3 is 2.67 bits per heavy atom. The number of ether oxygens (including phenoxy) is 1. The molecule has 0 spiro atoms. The Labute approximate surface area is 109 Å². The van der Waals surface area contributed by atoms with Crippen LogP contribution in [0, 0.1) is 0 Å². The van der Waals surface area contributed by atoms with Gasteiger partial charge in [-0.25, -0.2) is 4.98 Å². The minimum atomic E-state index is 0.497. The van der Waals surface area contributed by atoms with Crippen LogP contribution in [0.25, 0.3) is 10.9 Å². The minimum absolute atomic E-state index is 0.497. The first-order chi connectivity index (χ1) is 8.81. The van der Waals surface area contributed by atoms with E-state index >= 15 is 0 Å². The molecule has 0 atom stereocenters. The molecule has 0 aliphatic rings. The van der Waals surface area contributed by atoms with Gasteiger partial charge >= 0.3 is 0 Å². The van der Waals surface area contributed by atoms with Crippen LogP contribution >= 0.6 is 11.6 Å². The first-order valence-corrected chi connectivity index (χ1v) is 5.83. The summed E-state index contributed by atoms with van der Waals surface area (Å²) in [7, 11) is 0. The summed E-state index contributed by atoms with van der Waals surface area (Å²) in [6.07, 6.45) is 3.23. The maximum absolute atomic E-state index is 5.76. The number of rotatable bonds is 2. The molecule has 0 saturated carbocycles. The van der Waals surface area contributed by atoms with Crippen LogP contribution in [-0.4, -0.2) is 9.97 Å². The van der Waals surface area contributed by atoms with Crippen molar-refractivity contribution in [2.24, 2.45) is 0 Å². The summed E-state index contributed by atoms with van der Waals surface area (Å²) >= 11 is 5.76. The lowest BCUT2D eigenvalue weighted by atomic mass is 10.2. The second-order valence-electron chi connectivity index (χ2n) is 3.78. The highest BCUT2D eigenvalue weighted by molar-refractivity contribution is 6.30. The third-order valence-electron chi connectivity index (χ3n) is 2.49. The van der Waals surface area contributed by atoms with Crippen molar-refractivity contribution in [3.05, 3.63) is 59.9 Å². The highest BCUT2D eigenvalue weighted by Crippen LogP contribution is 2.23. The molecular weight excluding hydrogens is 248 g/mol. The van der Waals surface area contributed by atoms with E-state index in [1.54, 1.807) is 24.5 Å². The van der Waals surface area contributed by atoms with E-state index in [2.05, 4.69) is 9.97 Å². The molecule has 0 saturated heterocycles. The third-order valence-corrected chi connectivity index (χ3v) is 2.71. The summed E-state index contributed by atoms with van der Waals surface area (Å²) in [5.41, 5.74) is 0.939. The molecule has 3 nitrogen and oxygen atoms in total. The molecule has 3 rings (SSSR count). The molecular formula is C14H9ClN2O. The Balaban J connectivity index is 1.92. The zero-order valence-electron chi connectivity index (χ0n) is 9.38. The third kappa shape index (κ3) is 2.26. The molecule has 1 aromatic carbocycles. The van der Waals surface area contributed by atoms with E-state index in [4.69, 9.17) is 16.3 Å². The number of aromatic nitrogens is 2. The van der Waals surface area contributed by atoms with E-state index in [1.165, 1.54) is 0 Å². The fraction of sp³-hybridized carbons (Fsp3) is 0. The second-order valence-corrected chi connectivity index (χ2v) is 4.22. The fourth-order valence-corrected chi connectivity index (χ4v) is 1.76. The van der Waals surface area contributed by atoms with Gasteiger partial charge in [-0.3, -0.25) is 4.98 Å². The summed E-state index contributed by atoms with van der Waals surface area (Å²) in [4.78, 5) is 8.39. The smallest absolute Gasteiger partial charge is 0.219 e. The summed E-state index contributed by atoms with van der Waals surface area (Å²) in [6, 6.07) is 13.3. The van der Waals surface area contributed by atoms with Gasteiger partial charge in [-0.15, -0.1) is 0 Å². The molecule has 0 amide bonds. The lowest BCUT2D eigenvalue weighted by molar-refractivity contribution is 0.462. The van der Waals surface area contributed by atoms with Gasteiger partial charge in [0, 0.05) is 17.6 Å². The van der Waals surface area contributed by atoms with E-state index in [1.807, 2.05) is 30.3 Å². The first-order valence-electron chi connectivity index (χ1n) is 5.45. The molecule has 3 aromatic rings. The van der Waals surface area contributed by atoms with E-state index < -0.39 is 0 Å².